The van der Waals surface area contributed by atoms with E-state index in [9.17, 15) is 14.4 Å². The van der Waals surface area contributed by atoms with Crippen LogP contribution in [0.1, 0.15) is 92.4 Å². The van der Waals surface area contributed by atoms with Gasteiger partial charge in [0.15, 0.2) is 0 Å². The molecular formula is C23H35N3O4. The fraction of sp³-hybridized carbons (Fsp3) is 0.696. The molecule has 0 aromatic carbocycles. The van der Waals surface area contributed by atoms with Crippen LogP contribution in [0.15, 0.2) is 17.2 Å². The topological polar surface area (TPSA) is 89.4 Å². The summed E-state index contributed by atoms with van der Waals surface area (Å²) in [6.45, 7) is 4.93. The molecule has 0 spiro atoms. The molecule has 1 saturated carbocycles. The molecule has 2 amide bonds. The van der Waals surface area contributed by atoms with Crippen LogP contribution in [0, 0.1) is 0 Å². The summed E-state index contributed by atoms with van der Waals surface area (Å²) < 4.78 is 7.46. The lowest BCUT2D eigenvalue weighted by molar-refractivity contribution is 0.0913. The predicted molar refractivity (Wildman–Crippen MR) is 116 cm³/mol. The standard InChI is InChI=1S/C23H35N3O4/c1-16(2)24-22(28)19-14-26(13-18-11-8-12-30-18)15-20(21(19)27)23(29)25-17-9-6-4-3-5-7-10-17/h14-18H,3-13H2,1-2H3,(H,24,28)(H,25,29)/t18-/m1/s1. The third kappa shape index (κ3) is 6.17. The molecule has 2 N–H and O–H groups in total. The highest BCUT2D eigenvalue weighted by atomic mass is 16.5. The number of hydrogen-bond donors (Lipinski definition) is 2. The number of carbonyl (C=O) groups is 2. The van der Waals surface area contributed by atoms with Crippen molar-refractivity contribution >= 4 is 11.8 Å². The smallest absolute Gasteiger partial charge is 0.256 e. The number of aromatic nitrogens is 1. The average molecular weight is 418 g/mol. The first-order valence-electron chi connectivity index (χ1n) is 11.4. The third-order valence-corrected chi connectivity index (χ3v) is 5.87. The van der Waals surface area contributed by atoms with Crippen molar-refractivity contribution in [1.82, 2.24) is 15.2 Å². The predicted octanol–water partition coefficient (Wildman–Crippen LogP) is 3.01. The minimum absolute atomic E-state index is 0.00649. The lowest BCUT2D eigenvalue weighted by atomic mass is 9.96. The van der Waals surface area contributed by atoms with E-state index in [2.05, 4.69) is 10.6 Å². The van der Waals surface area contributed by atoms with E-state index < -0.39 is 11.3 Å². The Morgan fingerprint density at radius 3 is 2.23 bits per heavy atom. The highest BCUT2D eigenvalue weighted by molar-refractivity contribution is 5.99. The second-order valence-corrected chi connectivity index (χ2v) is 8.89. The lowest BCUT2D eigenvalue weighted by Crippen LogP contribution is -2.41. The zero-order valence-corrected chi connectivity index (χ0v) is 18.2. The Morgan fingerprint density at radius 2 is 1.63 bits per heavy atom. The summed E-state index contributed by atoms with van der Waals surface area (Å²) in [5.41, 5.74) is -0.474. The molecule has 7 heteroatoms. The van der Waals surface area contributed by atoms with Gasteiger partial charge in [0.1, 0.15) is 11.1 Å². The minimum atomic E-state index is -0.514. The van der Waals surface area contributed by atoms with Gasteiger partial charge in [0, 0.05) is 37.6 Å². The summed E-state index contributed by atoms with van der Waals surface area (Å²) in [4.78, 5) is 38.7. The molecule has 2 fully saturated rings. The maximum atomic E-state index is 13.0. The highest BCUT2D eigenvalue weighted by Crippen LogP contribution is 2.18. The molecule has 1 aliphatic heterocycles. The highest BCUT2D eigenvalue weighted by Gasteiger charge is 2.23. The molecule has 166 valence electrons. The first kappa shape index (κ1) is 22.5. The molecule has 1 aliphatic carbocycles. The summed E-state index contributed by atoms with van der Waals surface area (Å²) in [5.74, 6) is -0.831. The molecule has 1 aromatic rings. The summed E-state index contributed by atoms with van der Waals surface area (Å²) in [5, 5.41) is 5.82. The van der Waals surface area contributed by atoms with Crippen LogP contribution >= 0.6 is 0 Å². The van der Waals surface area contributed by atoms with Crippen LogP contribution in [0.5, 0.6) is 0 Å². The first-order chi connectivity index (χ1) is 14.4. The number of hydrogen-bond acceptors (Lipinski definition) is 4. The van der Waals surface area contributed by atoms with Gasteiger partial charge < -0.3 is 19.9 Å². The van der Waals surface area contributed by atoms with E-state index in [-0.39, 0.29) is 35.2 Å². The van der Waals surface area contributed by atoms with Gasteiger partial charge in [-0.15, -0.1) is 0 Å². The van der Waals surface area contributed by atoms with Gasteiger partial charge in [-0.2, -0.15) is 0 Å². The quantitative estimate of drug-likeness (QED) is 0.745. The summed E-state index contributed by atoms with van der Waals surface area (Å²) in [6.07, 6.45) is 12.8. The molecule has 0 bridgehead atoms. The summed E-state index contributed by atoms with van der Waals surface area (Å²) >= 11 is 0. The molecule has 2 heterocycles. The van der Waals surface area contributed by atoms with Gasteiger partial charge in [0.2, 0.25) is 5.43 Å². The second kappa shape index (κ2) is 10.8. The Kier molecular flexibility index (Phi) is 8.08. The van der Waals surface area contributed by atoms with E-state index >= 15 is 0 Å². The van der Waals surface area contributed by atoms with E-state index in [1.54, 1.807) is 17.0 Å². The van der Waals surface area contributed by atoms with Gasteiger partial charge in [-0.25, -0.2) is 0 Å². The van der Waals surface area contributed by atoms with Crippen LogP contribution in [0.4, 0.5) is 0 Å². The third-order valence-electron chi connectivity index (χ3n) is 5.87. The Hall–Kier alpha value is -2.15. The zero-order chi connectivity index (χ0) is 21.5. The van der Waals surface area contributed by atoms with E-state index in [1.165, 1.54) is 19.3 Å². The van der Waals surface area contributed by atoms with Crippen molar-refractivity contribution in [2.24, 2.45) is 0 Å². The van der Waals surface area contributed by atoms with Gasteiger partial charge in [-0.3, -0.25) is 14.4 Å². The van der Waals surface area contributed by atoms with Gasteiger partial charge >= 0.3 is 0 Å². The van der Waals surface area contributed by atoms with E-state index in [4.69, 9.17) is 4.74 Å². The second-order valence-electron chi connectivity index (χ2n) is 8.89. The SMILES string of the molecule is CC(C)NC(=O)c1cn(C[C@H]2CCCO2)cc(C(=O)NC2CCCCCCC2)c1=O. The minimum Gasteiger partial charge on any atom is -0.376 e. The number of ether oxygens (including phenoxy) is 1. The number of rotatable bonds is 6. The fourth-order valence-corrected chi connectivity index (χ4v) is 4.29. The fourth-order valence-electron chi connectivity index (χ4n) is 4.29. The molecular weight excluding hydrogens is 382 g/mol. The van der Waals surface area contributed by atoms with Crippen LogP contribution < -0.4 is 16.1 Å². The largest absolute Gasteiger partial charge is 0.376 e. The van der Waals surface area contributed by atoms with E-state index in [0.717, 1.165) is 45.1 Å². The van der Waals surface area contributed by atoms with Crippen molar-refractivity contribution in [3.05, 3.63) is 33.7 Å². The Bertz CT molecular complexity index is 788. The molecule has 1 saturated heterocycles. The molecule has 0 radical (unpaired) electrons. The van der Waals surface area contributed by atoms with E-state index in [1.807, 2.05) is 13.8 Å². The molecule has 3 rings (SSSR count). The Labute approximate surface area is 178 Å². The van der Waals surface area contributed by atoms with Crippen molar-refractivity contribution in [2.45, 2.75) is 96.4 Å². The van der Waals surface area contributed by atoms with Crippen LogP contribution in [0.2, 0.25) is 0 Å². The van der Waals surface area contributed by atoms with Crippen molar-refractivity contribution in [2.75, 3.05) is 6.61 Å². The monoisotopic (exact) mass is 417 g/mol. The summed E-state index contributed by atoms with van der Waals surface area (Å²) in [7, 11) is 0. The van der Waals surface area contributed by atoms with Crippen molar-refractivity contribution in [1.29, 1.82) is 0 Å². The Morgan fingerprint density at radius 1 is 1.00 bits per heavy atom. The normalized spacial score (nSPS) is 20.6. The van der Waals surface area contributed by atoms with Crippen LogP contribution in [0.25, 0.3) is 0 Å². The molecule has 7 nitrogen and oxygen atoms in total. The molecule has 1 aromatic heterocycles. The molecule has 30 heavy (non-hydrogen) atoms. The number of carbonyl (C=O) groups excluding carboxylic acids is 2. The Balaban J connectivity index is 1.85. The van der Waals surface area contributed by atoms with E-state index in [0.29, 0.717) is 6.54 Å². The van der Waals surface area contributed by atoms with Gasteiger partial charge in [-0.05, 0) is 39.5 Å². The first-order valence-corrected chi connectivity index (χ1v) is 11.4. The van der Waals surface area contributed by atoms with Gasteiger partial charge in [0.25, 0.3) is 11.8 Å². The van der Waals surface area contributed by atoms with Crippen molar-refractivity contribution < 1.29 is 14.3 Å². The van der Waals surface area contributed by atoms with Crippen LogP contribution in [0.3, 0.4) is 0 Å². The van der Waals surface area contributed by atoms with Gasteiger partial charge in [-0.1, -0.05) is 32.1 Å². The average Bonchev–Trinajstić information content (AvgIpc) is 3.17. The lowest BCUT2D eigenvalue weighted by Gasteiger charge is -2.21. The number of pyridine rings is 1. The van der Waals surface area contributed by atoms with Crippen LogP contribution in [-0.2, 0) is 11.3 Å². The van der Waals surface area contributed by atoms with Gasteiger partial charge in [0.05, 0.1) is 6.10 Å². The molecule has 1 atom stereocenters. The molecule has 0 unspecified atom stereocenters. The maximum absolute atomic E-state index is 13.0. The van der Waals surface area contributed by atoms with Crippen LogP contribution in [-0.4, -0.2) is 41.2 Å². The van der Waals surface area contributed by atoms with Crippen molar-refractivity contribution in [3.8, 4) is 0 Å². The van der Waals surface area contributed by atoms with Crippen molar-refractivity contribution in [3.63, 3.8) is 0 Å². The number of nitrogens with zero attached hydrogens (tertiary/aromatic N) is 1. The zero-order valence-electron chi connectivity index (χ0n) is 18.2. The number of amides is 2. The maximum Gasteiger partial charge on any atom is 0.256 e. The molecule has 2 aliphatic rings. The summed E-state index contributed by atoms with van der Waals surface area (Å²) in [6, 6.07) is -0.0205. The number of nitrogens with one attached hydrogen (secondary N) is 2.